The lowest BCUT2D eigenvalue weighted by molar-refractivity contribution is 0.0417. The zero-order valence-corrected chi connectivity index (χ0v) is 14.7. The molecule has 2 heterocycles. The maximum absolute atomic E-state index is 6.54. The fourth-order valence-corrected chi connectivity index (χ4v) is 4.41. The van der Waals surface area contributed by atoms with E-state index in [4.69, 9.17) is 5.73 Å². The number of piperazine rings is 1. The summed E-state index contributed by atoms with van der Waals surface area (Å²) in [6, 6.07) is 0.731. The first-order valence-corrected chi connectivity index (χ1v) is 9.17. The van der Waals surface area contributed by atoms with Crippen molar-refractivity contribution in [3.8, 4) is 0 Å². The molecule has 4 heteroatoms. The number of hydrogen-bond donors (Lipinski definition) is 2. The Bertz CT molecular complexity index is 415. The maximum Gasteiger partial charge on any atom is 0.0496 e. The molecule has 0 radical (unpaired) electrons. The Morgan fingerprint density at radius 3 is 2.36 bits per heavy atom. The van der Waals surface area contributed by atoms with Crippen LogP contribution < -0.4 is 11.1 Å². The molecular formula is C18H34N4. The van der Waals surface area contributed by atoms with Crippen molar-refractivity contribution in [1.29, 1.82) is 0 Å². The van der Waals surface area contributed by atoms with Gasteiger partial charge in [0.15, 0.2) is 0 Å². The Kier molecular flexibility index (Phi) is 4.81. The zero-order valence-electron chi connectivity index (χ0n) is 14.7. The second-order valence-corrected chi connectivity index (χ2v) is 8.25. The number of nitrogens with two attached hydrogens (primary N) is 1. The Hall–Kier alpha value is -0.580. The molecule has 3 N–H and O–H groups in total. The summed E-state index contributed by atoms with van der Waals surface area (Å²) >= 11 is 0. The summed E-state index contributed by atoms with van der Waals surface area (Å²) in [5, 5.41) is 3.63. The molecule has 0 bridgehead atoms. The second-order valence-electron chi connectivity index (χ2n) is 8.25. The first kappa shape index (κ1) is 16.3. The van der Waals surface area contributed by atoms with Gasteiger partial charge in [0.05, 0.1) is 0 Å². The molecule has 1 saturated heterocycles. The highest BCUT2D eigenvalue weighted by Crippen LogP contribution is 2.31. The monoisotopic (exact) mass is 306 g/mol. The minimum atomic E-state index is 0.248. The molecule has 0 aromatic heterocycles. The van der Waals surface area contributed by atoms with E-state index in [-0.39, 0.29) is 11.6 Å². The lowest BCUT2D eigenvalue weighted by Crippen LogP contribution is -2.62. The van der Waals surface area contributed by atoms with Gasteiger partial charge in [0.2, 0.25) is 0 Å². The third-order valence-corrected chi connectivity index (χ3v) is 5.73. The number of nitrogens with one attached hydrogen (secondary N) is 1. The summed E-state index contributed by atoms with van der Waals surface area (Å²) in [6.07, 6.45) is 6.53. The van der Waals surface area contributed by atoms with Crippen LogP contribution in [0.2, 0.25) is 0 Å². The average Bonchev–Trinajstić information content (AvgIpc) is 2.72. The Morgan fingerprint density at radius 1 is 1.00 bits per heavy atom. The molecular weight excluding hydrogens is 272 g/mol. The Labute approximate surface area is 136 Å². The fraction of sp³-hybridized carbons (Fsp3) is 0.889. The predicted octanol–water partition coefficient (Wildman–Crippen LogP) is 1.92. The molecule has 0 spiro atoms. The summed E-state index contributed by atoms with van der Waals surface area (Å²) in [5.74, 6) is 0. The first-order chi connectivity index (χ1) is 10.5. The quantitative estimate of drug-likeness (QED) is 0.777. The van der Waals surface area contributed by atoms with Crippen LogP contribution in [0.4, 0.5) is 0 Å². The topological polar surface area (TPSA) is 44.5 Å². The van der Waals surface area contributed by atoms with Crippen LogP contribution in [-0.2, 0) is 0 Å². The minimum Gasteiger partial charge on any atom is -0.387 e. The van der Waals surface area contributed by atoms with Crippen molar-refractivity contribution < 1.29 is 0 Å². The van der Waals surface area contributed by atoms with Gasteiger partial charge in [-0.1, -0.05) is 6.42 Å². The van der Waals surface area contributed by atoms with Crippen LogP contribution in [-0.4, -0.2) is 60.1 Å². The van der Waals surface area contributed by atoms with Gasteiger partial charge in [-0.2, -0.15) is 0 Å². The standard InChI is InChI=1S/C18H34N4/c1-18(2,3)22-11-9-21(10-12-22)17-14-7-5-4-6-8-16(14)20-13-15(17)19/h15,17,20H,4-13,19H2,1-3H3. The molecule has 22 heavy (non-hydrogen) atoms. The van der Waals surface area contributed by atoms with E-state index in [2.05, 4.69) is 35.9 Å². The van der Waals surface area contributed by atoms with Gasteiger partial charge in [0.25, 0.3) is 0 Å². The van der Waals surface area contributed by atoms with E-state index in [1.54, 1.807) is 5.57 Å². The molecule has 126 valence electrons. The smallest absolute Gasteiger partial charge is 0.0496 e. The summed E-state index contributed by atoms with van der Waals surface area (Å²) < 4.78 is 0. The normalized spacial score (nSPS) is 32.4. The molecule has 0 aromatic rings. The molecule has 3 rings (SSSR count). The van der Waals surface area contributed by atoms with Crippen LogP contribution in [0, 0.1) is 0 Å². The van der Waals surface area contributed by atoms with E-state index in [1.165, 1.54) is 50.9 Å². The molecule has 0 saturated carbocycles. The van der Waals surface area contributed by atoms with Crippen molar-refractivity contribution in [3.63, 3.8) is 0 Å². The molecule has 1 aliphatic carbocycles. The van der Waals surface area contributed by atoms with Crippen LogP contribution >= 0.6 is 0 Å². The SMILES string of the molecule is CC(C)(C)N1CCN(C2C3=C(CCCCC3)NCC2N)CC1. The van der Waals surface area contributed by atoms with Crippen molar-refractivity contribution in [1.82, 2.24) is 15.1 Å². The molecule has 1 fully saturated rings. The zero-order chi connectivity index (χ0) is 15.7. The van der Waals surface area contributed by atoms with Gasteiger partial charge in [0, 0.05) is 56.0 Å². The van der Waals surface area contributed by atoms with Crippen LogP contribution in [0.3, 0.4) is 0 Å². The Morgan fingerprint density at radius 2 is 1.68 bits per heavy atom. The number of rotatable bonds is 1. The first-order valence-electron chi connectivity index (χ1n) is 9.17. The fourth-order valence-electron chi connectivity index (χ4n) is 4.41. The van der Waals surface area contributed by atoms with Gasteiger partial charge in [-0.15, -0.1) is 0 Å². The molecule has 2 unspecified atom stereocenters. The van der Waals surface area contributed by atoms with Crippen molar-refractivity contribution in [2.45, 2.75) is 70.5 Å². The van der Waals surface area contributed by atoms with E-state index in [1.807, 2.05) is 0 Å². The minimum absolute atomic E-state index is 0.248. The van der Waals surface area contributed by atoms with Gasteiger partial charge in [-0.3, -0.25) is 9.80 Å². The van der Waals surface area contributed by atoms with Gasteiger partial charge < -0.3 is 11.1 Å². The van der Waals surface area contributed by atoms with E-state index >= 15 is 0 Å². The van der Waals surface area contributed by atoms with E-state index < -0.39 is 0 Å². The summed E-state index contributed by atoms with van der Waals surface area (Å²) in [6.45, 7) is 12.6. The van der Waals surface area contributed by atoms with Crippen LogP contribution in [0.25, 0.3) is 0 Å². The number of hydrogen-bond acceptors (Lipinski definition) is 4. The van der Waals surface area contributed by atoms with Crippen LogP contribution in [0.1, 0.15) is 52.9 Å². The van der Waals surface area contributed by atoms with Crippen molar-refractivity contribution in [2.24, 2.45) is 5.73 Å². The second kappa shape index (κ2) is 6.50. The molecule has 0 amide bonds. The van der Waals surface area contributed by atoms with Gasteiger partial charge in [-0.05, 0) is 52.0 Å². The lowest BCUT2D eigenvalue weighted by Gasteiger charge is -2.48. The molecule has 2 atom stereocenters. The summed E-state index contributed by atoms with van der Waals surface area (Å²) in [4.78, 5) is 5.28. The molecule has 0 aromatic carbocycles. The highest BCUT2D eigenvalue weighted by atomic mass is 15.3. The Balaban J connectivity index is 1.72. The highest BCUT2D eigenvalue weighted by Gasteiger charge is 2.36. The van der Waals surface area contributed by atoms with Crippen molar-refractivity contribution in [3.05, 3.63) is 11.3 Å². The van der Waals surface area contributed by atoms with E-state index in [9.17, 15) is 0 Å². The molecule has 2 aliphatic heterocycles. The lowest BCUT2D eigenvalue weighted by atomic mass is 9.89. The van der Waals surface area contributed by atoms with Gasteiger partial charge in [-0.25, -0.2) is 0 Å². The summed E-state index contributed by atoms with van der Waals surface area (Å²) in [5.41, 5.74) is 9.99. The molecule has 3 aliphatic rings. The van der Waals surface area contributed by atoms with Gasteiger partial charge >= 0.3 is 0 Å². The average molecular weight is 306 g/mol. The number of allylic oxidation sites excluding steroid dienone is 1. The summed E-state index contributed by atoms with van der Waals surface area (Å²) in [7, 11) is 0. The van der Waals surface area contributed by atoms with Crippen LogP contribution in [0.5, 0.6) is 0 Å². The largest absolute Gasteiger partial charge is 0.387 e. The van der Waals surface area contributed by atoms with Crippen molar-refractivity contribution in [2.75, 3.05) is 32.7 Å². The van der Waals surface area contributed by atoms with E-state index in [0.29, 0.717) is 6.04 Å². The van der Waals surface area contributed by atoms with Crippen molar-refractivity contribution >= 4 is 0 Å². The molecule has 4 nitrogen and oxygen atoms in total. The van der Waals surface area contributed by atoms with Gasteiger partial charge in [0.1, 0.15) is 0 Å². The predicted molar refractivity (Wildman–Crippen MR) is 92.8 cm³/mol. The third-order valence-electron chi connectivity index (χ3n) is 5.73. The third kappa shape index (κ3) is 3.34. The maximum atomic E-state index is 6.54. The highest BCUT2D eigenvalue weighted by molar-refractivity contribution is 5.26. The van der Waals surface area contributed by atoms with Crippen LogP contribution in [0.15, 0.2) is 11.3 Å². The van der Waals surface area contributed by atoms with E-state index in [0.717, 1.165) is 19.6 Å². The number of nitrogens with zero attached hydrogens (tertiary/aromatic N) is 2.